The number of nitrogens with one attached hydrogen (secondary N) is 1. The summed E-state index contributed by atoms with van der Waals surface area (Å²) in [6, 6.07) is 3.95. The summed E-state index contributed by atoms with van der Waals surface area (Å²) in [5.41, 5.74) is 5.64. The minimum absolute atomic E-state index is 0.337. The molecule has 23 heavy (non-hydrogen) atoms. The first-order chi connectivity index (χ1) is 10.7. The van der Waals surface area contributed by atoms with Crippen molar-refractivity contribution in [2.45, 2.75) is 26.9 Å². The number of amides is 3. The van der Waals surface area contributed by atoms with E-state index in [1.165, 1.54) is 0 Å². The summed E-state index contributed by atoms with van der Waals surface area (Å²) in [5.74, 6) is -1.37. The van der Waals surface area contributed by atoms with Gasteiger partial charge in [0.25, 0.3) is 5.91 Å². The summed E-state index contributed by atoms with van der Waals surface area (Å²) in [5, 5.41) is 2.44. The van der Waals surface area contributed by atoms with E-state index >= 15 is 0 Å². The molecule has 0 radical (unpaired) electrons. The Morgan fingerprint density at radius 1 is 1.30 bits per heavy atom. The molecule has 0 fully saturated rings. The van der Waals surface area contributed by atoms with E-state index in [1.54, 1.807) is 39.0 Å². The highest BCUT2D eigenvalue weighted by Crippen LogP contribution is 2.21. The number of urea groups is 1. The van der Waals surface area contributed by atoms with Crippen LogP contribution < -0.4 is 15.8 Å². The topological polar surface area (TPSA) is 108 Å². The number of aryl methyl sites for hydroxylation is 1. The lowest BCUT2D eigenvalue weighted by Gasteiger charge is -2.20. The summed E-state index contributed by atoms with van der Waals surface area (Å²) in [4.78, 5) is 34.3. The van der Waals surface area contributed by atoms with Gasteiger partial charge in [-0.05, 0) is 36.6 Å². The molecule has 0 bridgehead atoms. The van der Waals surface area contributed by atoms with Gasteiger partial charge in [0.15, 0.2) is 12.7 Å². The fourth-order valence-electron chi connectivity index (χ4n) is 1.77. The molecule has 0 saturated heterocycles. The molecule has 0 aliphatic carbocycles. The van der Waals surface area contributed by atoms with Crippen molar-refractivity contribution in [3.8, 4) is 5.75 Å². The molecule has 0 unspecified atom stereocenters. The number of halogens is 1. The van der Waals surface area contributed by atoms with Gasteiger partial charge in [-0.15, -0.1) is 0 Å². The largest absolute Gasteiger partial charge is 0.482 e. The number of benzene rings is 1. The molecular weight excluding hydrogens is 324 g/mol. The van der Waals surface area contributed by atoms with Crippen LogP contribution in [0.25, 0.3) is 0 Å². The quantitative estimate of drug-likeness (QED) is 0.766. The van der Waals surface area contributed by atoms with E-state index in [4.69, 9.17) is 26.8 Å². The van der Waals surface area contributed by atoms with Crippen molar-refractivity contribution < 1.29 is 23.9 Å². The molecule has 3 N–H and O–H groups in total. The van der Waals surface area contributed by atoms with Gasteiger partial charge in [-0.1, -0.05) is 25.4 Å². The highest BCUT2D eigenvalue weighted by atomic mass is 35.5. The molecule has 3 amide bonds. The Balaban J connectivity index is 2.62. The zero-order valence-corrected chi connectivity index (χ0v) is 13.8. The smallest absolute Gasteiger partial charge is 0.344 e. The van der Waals surface area contributed by atoms with Crippen molar-refractivity contribution in [1.29, 1.82) is 0 Å². The van der Waals surface area contributed by atoms with Gasteiger partial charge in [0.1, 0.15) is 5.75 Å². The number of carbonyl (C=O) groups is 3. The number of carbonyl (C=O) groups excluding carboxylic acids is 3. The number of esters is 1. The van der Waals surface area contributed by atoms with Crippen molar-refractivity contribution in [3.63, 3.8) is 0 Å². The van der Waals surface area contributed by atoms with E-state index in [9.17, 15) is 14.4 Å². The van der Waals surface area contributed by atoms with Crippen LogP contribution in [0, 0.1) is 12.8 Å². The van der Waals surface area contributed by atoms with Gasteiger partial charge in [0.05, 0.1) is 0 Å². The second-order valence-corrected chi connectivity index (χ2v) is 5.64. The maximum atomic E-state index is 11.8. The van der Waals surface area contributed by atoms with Crippen molar-refractivity contribution in [1.82, 2.24) is 5.32 Å². The van der Waals surface area contributed by atoms with Crippen molar-refractivity contribution in [3.05, 3.63) is 28.8 Å². The van der Waals surface area contributed by atoms with Crippen LogP contribution in [0.1, 0.15) is 19.4 Å². The standard InChI is InChI=1S/C15H19ClN2O5/c1-8(2)13(14(20)18-15(17)21)23-12(19)7-22-11-5-4-10(16)6-9(11)3/h4-6,8,13H,7H2,1-3H3,(H3,17,18,20,21)/t13-/m1/s1. The minimum atomic E-state index is -1.13. The molecule has 0 heterocycles. The number of hydrogen-bond acceptors (Lipinski definition) is 5. The molecule has 1 aromatic carbocycles. The highest BCUT2D eigenvalue weighted by molar-refractivity contribution is 6.30. The van der Waals surface area contributed by atoms with E-state index < -0.39 is 24.0 Å². The van der Waals surface area contributed by atoms with Crippen LogP contribution in [0.2, 0.25) is 5.02 Å². The second-order valence-electron chi connectivity index (χ2n) is 5.21. The van der Waals surface area contributed by atoms with Crippen molar-refractivity contribution in [2.75, 3.05) is 6.61 Å². The average Bonchev–Trinajstić information content (AvgIpc) is 2.42. The summed E-state index contributed by atoms with van der Waals surface area (Å²) >= 11 is 5.83. The van der Waals surface area contributed by atoms with Crippen LogP contribution in [-0.2, 0) is 14.3 Å². The van der Waals surface area contributed by atoms with Gasteiger partial charge in [0, 0.05) is 5.02 Å². The van der Waals surface area contributed by atoms with Gasteiger partial charge < -0.3 is 15.2 Å². The Morgan fingerprint density at radius 3 is 2.48 bits per heavy atom. The van der Waals surface area contributed by atoms with Gasteiger partial charge in [-0.2, -0.15) is 0 Å². The zero-order valence-electron chi connectivity index (χ0n) is 13.1. The molecule has 0 aliphatic heterocycles. The first-order valence-electron chi connectivity index (χ1n) is 6.89. The maximum absolute atomic E-state index is 11.8. The van der Waals surface area contributed by atoms with E-state index in [2.05, 4.69) is 0 Å². The number of hydrogen-bond donors (Lipinski definition) is 2. The van der Waals surface area contributed by atoms with Crippen LogP contribution in [0.15, 0.2) is 18.2 Å². The van der Waals surface area contributed by atoms with Crippen LogP contribution in [0.4, 0.5) is 4.79 Å². The van der Waals surface area contributed by atoms with Gasteiger partial charge in [-0.3, -0.25) is 10.1 Å². The van der Waals surface area contributed by atoms with Crippen molar-refractivity contribution >= 4 is 29.5 Å². The SMILES string of the molecule is Cc1cc(Cl)ccc1OCC(=O)O[C@@H](C(=O)NC(N)=O)C(C)C. The molecule has 1 atom stereocenters. The third-order valence-corrected chi connectivity index (χ3v) is 3.09. The molecule has 1 rings (SSSR count). The molecule has 0 spiro atoms. The van der Waals surface area contributed by atoms with E-state index in [0.717, 1.165) is 5.56 Å². The summed E-state index contributed by atoms with van der Waals surface area (Å²) in [7, 11) is 0. The molecule has 0 aliphatic rings. The molecule has 0 aromatic heterocycles. The van der Waals surface area contributed by atoms with Crippen LogP contribution in [0.5, 0.6) is 5.75 Å². The first-order valence-corrected chi connectivity index (χ1v) is 7.27. The summed E-state index contributed by atoms with van der Waals surface area (Å²) < 4.78 is 10.4. The lowest BCUT2D eigenvalue weighted by Crippen LogP contribution is -2.46. The van der Waals surface area contributed by atoms with Gasteiger partial charge in [0.2, 0.25) is 0 Å². The second kappa shape index (κ2) is 8.38. The molecule has 7 nitrogen and oxygen atoms in total. The van der Waals surface area contributed by atoms with Crippen LogP contribution in [0.3, 0.4) is 0 Å². The fraction of sp³-hybridized carbons (Fsp3) is 0.400. The van der Waals surface area contributed by atoms with E-state index in [0.29, 0.717) is 10.8 Å². The molecular formula is C15H19ClN2O5. The third-order valence-electron chi connectivity index (χ3n) is 2.85. The van der Waals surface area contributed by atoms with E-state index in [-0.39, 0.29) is 12.5 Å². The summed E-state index contributed by atoms with van der Waals surface area (Å²) in [6.45, 7) is 4.74. The van der Waals surface area contributed by atoms with Gasteiger partial charge >= 0.3 is 12.0 Å². The lowest BCUT2D eigenvalue weighted by atomic mass is 10.1. The Morgan fingerprint density at radius 2 is 1.96 bits per heavy atom. The average molecular weight is 343 g/mol. The fourth-order valence-corrected chi connectivity index (χ4v) is 2.00. The summed E-state index contributed by atoms with van der Waals surface area (Å²) in [6.07, 6.45) is -1.13. The molecule has 0 saturated carbocycles. The van der Waals surface area contributed by atoms with Crippen molar-refractivity contribution in [2.24, 2.45) is 11.7 Å². The maximum Gasteiger partial charge on any atom is 0.344 e. The normalized spacial score (nSPS) is 11.7. The third kappa shape index (κ3) is 6.15. The van der Waals surface area contributed by atoms with Crippen LogP contribution >= 0.6 is 11.6 Å². The van der Waals surface area contributed by atoms with Crippen LogP contribution in [-0.4, -0.2) is 30.6 Å². The Labute approximate surface area is 139 Å². The van der Waals surface area contributed by atoms with Gasteiger partial charge in [-0.25, -0.2) is 9.59 Å². The molecule has 8 heteroatoms. The minimum Gasteiger partial charge on any atom is -0.482 e. The predicted octanol–water partition coefficient (Wildman–Crippen LogP) is 1.79. The molecule has 1 aromatic rings. The first kappa shape index (κ1) is 18.8. The zero-order chi connectivity index (χ0) is 17.6. The lowest BCUT2D eigenvalue weighted by molar-refractivity contribution is -0.160. The monoisotopic (exact) mass is 342 g/mol. The number of ether oxygens (including phenoxy) is 2. The Hall–Kier alpha value is -2.28. The highest BCUT2D eigenvalue weighted by Gasteiger charge is 2.27. The molecule has 126 valence electrons. The number of imide groups is 1. The number of nitrogens with two attached hydrogens (primary N) is 1. The predicted molar refractivity (Wildman–Crippen MR) is 84.1 cm³/mol. The van der Waals surface area contributed by atoms with E-state index in [1.807, 2.05) is 5.32 Å². The number of primary amides is 1. The Bertz CT molecular complexity index is 604. The Kier molecular flexibility index (Phi) is 6.84. The number of rotatable bonds is 6.